The van der Waals surface area contributed by atoms with Crippen LogP contribution in [0.4, 0.5) is 10.1 Å². The SMILES string of the molecule is O=C(Nc1ccc(F)cc1)c1nnc(C(=O)N2CCCC(C(=O)NCCN3CCCCC3)C2)s1. The zero-order valence-corrected chi connectivity index (χ0v) is 19.8. The maximum absolute atomic E-state index is 13.0. The van der Waals surface area contributed by atoms with Gasteiger partial charge in [0.25, 0.3) is 11.8 Å². The molecule has 34 heavy (non-hydrogen) atoms. The van der Waals surface area contributed by atoms with Crippen LogP contribution in [0.2, 0.25) is 0 Å². The van der Waals surface area contributed by atoms with Gasteiger partial charge in [-0.15, -0.1) is 10.2 Å². The molecule has 0 radical (unpaired) electrons. The molecule has 182 valence electrons. The molecule has 0 aliphatic carbocycles. The molecule has 1 aromatic carbocycles. The molecule has 2 aromatic rings. The number of hydrogen-bond acceptors (Lipinski definition) is 7. The second-order valence-corrected chi connectivity index (χ2v) is 9.63. The van der Waals surface area contributed by atoms with E-state index >= 15 is 0 Å². The number of hydrogen-bond donors (Lipinski definition) is 2. The summed E-state index contributed by atoms with van der Waals surface area (Å²) in [5.41, 5.74) is 0.416. The highest BCUT2D eigenvalue weighted by Gasteiger charge is 2.31. The molecule has 9 nitrogen and oxygen atoms in total. The molecule has 3 amide bonds. The zero-order valence-electron chi connectivity index (χ0n) is 19.0. The Bertz CT molecular complexity index is 1010. The van der Waals surface area contributed by atoms with Crippen LogP contribution in [-0.2, 0) is 4.79 Å². The quantitative estimate of drug-likeness (QED) is 0.620. The van der Waals surface area contributed by atoms with Crippen molar-refractivity contribution in [2.75, 3.05) is 44.6 Å². The van der Waals surface area contributed by atoms with Crippen LogP contribution in [0, 0.1) is 11.7 Å². The van der Waals surface area contributed by atoms with Crippen molar-refractivity contribution in [1.29, 1.82) is 0 Å². The smallest absolute Gasteiger partial charge is 0.286 e. The molecule has 2 saturated heterocycles. The van der Waals surface area contributed by atoms with Crippen LogP contribution < -0.4 is 10.6 Å². The molecule has 0 spiro atoms. The van der Waals surface area contributed by atoms with Crippen LogP contribution in [0.1, 0.15) is 51.7 Å². The molecule has 2 N–H and O–H groups in total. The van der Waals surface area contributed by atoms with Gasteiger partial charge in [0.1, 0.15) is 5.82 Å². The van der Waals surface area contributed by atoms with Gasteiger partial charge in [0.2, 0.25) is 15.9 Å². The summed E-state index contributed by atoms with van der Waals surface area (Å²) >= 11 is 0.899. The lowest BCUT2D eigenvalue weighted by atomic mass is 9.97. The van der Waals surface area contributed by atoms with E-state index in [4.69, 9.17) is 0 Å². The van der Waals surface area contributed by atoms with Gasteiger partial charge in [-0.1, -0.05) is 17.8 Å². The second-order valence-electron chi connectivity index (χ2n) is 8.66. The van der Waals surface area contributed by atoms with Crippen molar-refractivity contribution < 1.29 is 18.8 Å². The number of rotatable bonds is 7. The number of carbonyl (C=O) groups is 3. The molecule has 2 aliphatic rings. The molecule has 4 rings (SSSR count). The van der Waals surface area contributed by atoms with Crippen LogP contribution >= 0.6 is 11.3 Å². The summed E-state index contributed by atoms with van der Waals surface area (Å²) in [4.78, 5) is 42.0. The minimum Gasteiger partial charge on any atom is -0.355 e. The summed E-state index contributed by atoms with van der Waals surface area (Å²) in [7, 11) is 0. The number of halogens is 1. The van der Waals surface area contributed by atoms with E-state index < -0.39 is 11.7 Å². The number of piperidine rings is 2. The van der Waals surface area contributed by atoms with Gasteiger partial charge in [-0.3, -0.25) is 14.4 Å². The number of benzene rings is 1. The van der Waals surface area contributed by atoms with E-state index in [-0.39, 0.29) is 27.7 Å². The second kappa shape index (κ2) is 11.5. The normalized spacial score (nSPS) is 19.0. The van der Waals surface area contributed by atoms with Gasteiger partial charge in [0.15, 0.2) is 0 Å². The van der Waals surface area contributed by atoms with E-state index in [0.717, 1.165) is 43.8 Å². The molecule has 2 fully saturated rings. The fraction of sp³-hybridized carbons (Fsp3) is 0.522. The Morgan fingerprint density at radius 3 is 2.50 bits per heavy atom. The first-order valence-electron chi connectivity index (χ1n) is 11.7. The van der Waals surface area contributed by atoms with Crippen molar-refractivity contribution in [2.24, 2.45) is 5.92 Å². The van der Waals surface area contributed by atoms with E-state index in [1.165, 1.54) is 43.5 Å². The summed E-state index contributed by atoms with van der Waals surface area (Å²) in [5, 5.41) is 13.5. The number of carbonyl (C=O) groups excluding carboxylic acids is 3. The van der Waals surface area contributed by atoms with Gasteiger partial charge >= 0.3 is 0 Å². The Morgan fingerprint density at radius 2 is 1.74 bits per heavy atom. The largest absolute Gasteiger partial charge is 0.355 e. The van der Waals surface area contributed by atoms with E-state index in [9.17, 15) is 18.8 Å². The van der Waals surface area contributed by atoms with Crippen LogP contribution in [0.15, 0.2) is 24.3 Å². The highest BCUT2D eigenvalue weighted by Crippen LogP contribution is 2.21. The number of likely N-dealkylation sites (tertiary alicyclic amines) is 2. The Kier molecular flexibility index (Phi) is 8.17. The van der Waals surface area contributed by atoms with Gasteiger partial charge < -0.3 is 20.4 Å². The standard InChI is InChI=1S/C23H29FN6O3S/c24-17-6-8-18(9-7-17)26-20(32)21-27-28-22(34-21)23(33)30-13-4-5-16(15-30)19(31)25-10-14-29-11-2-1-3-12-29/h6-9,16H,1-5,10-15H2,(H,25,31)(H,26,32). The van der Waals surface area contributed by atoms with E-state index in [0.29, 0.717) is 25.3 Å². The van der Waals surface area contributed by atoms with E-state index in [1.54, 1.807) is 4.90 Å². The zero-order chi connectivity index (χ0) is 23.9. The van der Waals surface area contributed by atoms with E-state index in [1.807, 2.05) is 0 Å². The maximum Gasteiger partial charge on any atom is 0.286 e. The van der Waals surface area contributed by atoms with Gasteiger partial charge in [-0.2, -0.15) is 0 Å². The van der Waals surface area contributed by atoms with Gasteiger partial charge in [-0.05, 0) is 63.0 Å². The van der Waals surface area contributed by atoms with Crippen LogP contribution in [-0.4, -0.2) is 77.0 Å². The van der Waals surface area contributed by atoms with E-state index in [2.05, 4.69) is 25.7 Å². The Hall–Kier alpha value is -2.92. The number of nitrogens with zero attached hydrogens (tertiary/aromatic N) is 4. The molecular formula is C23H29FN6O3S. The summed E-state index contributed by atoms with van der Waals surface area (Å²) in [5.74, 6) is -1.53. The number of anilines is 1. The minimum absolute atomic E-state index is 0.0221. The van der Waals surface area contributed by atoms with Crippen LogP contribution in [0.5, 0.6) is 0 Å². The van der Waals surface area contributed by atoms with Crippen molar-refractivity contribution in [2.45, 2.75) is 32.1 Å². The number of aromatic nitrogens is 2. The Labute approximate surface area is 201 Å². The highest BCUT2D eigenvalue weighted by atomic mass is 32.1. The first-order chi connectivity index (χ1) is 16.5. The molecule has 1 aromatic heterocycles. The fourth-order valence-electron chi connectivity index (χ4n) is 4.29. The monoisotopic (exact) mass is 488 g/mol. The topological polar surface area (TPSA) is 108 Å². The lowest BCUT2D eigenvalue weighted by molar-refractivity contribution is -0.126. The fourth-order valence-corrected chi connectivity index (χ4v) is 5.00. The molecule has 2 aliphatic heterocycles. The molecule has 3 heterocycles. The van der Waals surface area contributed by atoms with Crippen molar-refractivity contribution in [3.05, 3.63) is 40.1 Å². The van der Waals surface area contributed by atoms with Crippen molar-refractivity contribution >= 4 is 34.7 Å². The maximum atomic E-state index is 13.0. The first kappa shape index (κ1) is 24.2. The van der Waals surface area contributed by atoms with Crippen LogP contribution in [0.3, 0.4) is 0 Å². The minimum atomic E-state index is -0.521. The summed E-state index contributed by atoms with van der Waals surface area (Å²) < 4.78 is 13.0. The average molecular weight is 489 g/mol. The molecule has 1 atom stereocenters. The van der Waals surface area contributed by atoms with Crippen molar-refractivity contribution in [3.63, 3.8) is 0 Å². The first-order valence-corrected chi connectivity index (χ1v) is 12.5. The van der Waals surface area contributed by atoms with Crippen LogP contribution in [0.25, 0.3) is 0 Å². The predicted octanol–water partition coefficient (Wildman–Crippen LogP) is 2.38. The summed E-state index contributed by atoms with van der Waals surface area (Å²) in [6.07, 6.45) is 5.18. The van der Waals surface area contributed by atoms with Gasteiger partial charge in [-0.25, -0.2) is 4.39 Å². The highest BCUT2D eigenvalue weighted by molar-refractivity contribution is 7.15. The Balaban J connectivity index is 1.27. The summed E-state index contributed by atoms with van der Waals surface area (Å²) in [6.45, 7) is 4.51. The van der Waals surface area contributed by atoms with Crippen molar-refractivity contribution in [1.82, 2.24) is 25.3 Å². The average Bonchev–Trinajstić information content (AvgIpc) is 3.36. The summed E-state index contributed by atoms with van der Waals surface area (Å²) in [6, 6.07) is 5.35. The molecular weight excluding hydrogens is 459 g/mol. The third-order valence-corrected chi connectivity index (χ3v) is 7.07. The van der Waals surface area contributed by atoms with Gasteiger partial charge in [0.05, 0.1) is 5.92 Å². The third kappa shape index (κ3) is 6.35. The predicted molar refractivity (Wildman–Crippen MR) is 126 cm³/mol. The Morgan fingerprint density at radius 1 is 1.00 bits per heavy atom. The van der Waals surface area contributed by atoms with Crippen molar-refractivity contribution in [3.8, 4) is 0 Å². The molecule has 0 saturated carbocycles. The molecule has 11 heteroatoms. The number of amides is 3. The number of nitrogens with one attached hydrogen (secondary N) is 2. The molecule has 1 unspecified atom stereocenters. The van der Waals surface area contributed by atoms with Gasteiger partial charge in [0, 0.05) is 31.9 Å². The molecule has 0 bridgehead atoms. The lowest BCUT2D eigenvalue weighted by Gasteiger charge is -2.32. The lowest BCUT2D eigenvalue weighted by Crippen LogP contribution is -2.46. The third-order valence-electron chi connectivity index (χ3n) is 6.16.